The number of aromatic nitrogens is 1. The van der Waals surface area contributed by atoms with E-state index in [1.165, 1.54) is 0 Å². The summed E-state index contributed by atoms with van der Waals surface area (Å²) in [6, 6.07) is 15.7. The average molecular weight is 546 g/mol. The Labute approximate surface area is 233 Å². The van der Waals surface area contributed by atoms with Gasteiger partial charge in [-0.3, -0.25) is 4.90 Å². The molecule has 39 heavy (non-hydrogen) atoms. The first-order valence-corrected chi connectivity index (χ1v) is 14.0. The molecule has 1 N–H and O–H groups in total. The van der Waals surface area contributed by atoms with Crippen LogP contribution in [0.25, 0.3) is 11.1 Å². The summed E-state index contributed by atoms with van der Waals surface area (Å²) in [6.45, 7) is 6.68. The second-order valence-corrected chi connectivity index (χ2v) is 10.5. The number of anilines is 1. The van der Waals surface area contributed by atoms with E-state index < -0.39 is 0 Å². The number of carbonyl (C=O) groups is 1. The Balaban J connectivity index is 1.09. The molecule has 3 aliphatic rings. The molecule has 0 aliphatic carbocycles. The topological polar surface area (TPSA) is 79.3 Å². The number of rotatable bonds is 7. The van der Waals surface area contributed by atoms with Crippen molar-refractivity contribution in [2.75, 3.05) is 57.9 Å². The van der Waals surface area contributed by atoms with Crippen LogP contribution < -0.4 is 10.1 Å². The van der Waals surface area contributed by atoms with Crippen molar-refractivity contribution in [3.05, 3.63) is 70.9 Å². The average Bonchev–Trinajstić information content (AvgIpc) is 3.65. The number of fused-ring (bicyclic) bond motifs is 1. The minimum absolute atomic E-state index is 0.0720. The lowest BCUT2D eigenvalue weighted by molar-refractivity contribution is 0.0322. The molecule has 2 amide bonds. The predicted molar refractivity (Wildman–Crippen MR) is 154 cm³/mol. The fourth-order valence-corrected chi connectivity index (χ4v) is 5.43. The van der Waals surface area contributed by atoms with Gasteiger partial charge in [-0.15, -0.1) is 0 Å². The largest absolute Gasteiger partial charge is 0.492 e. The van der Waals surface area contributed by atoms with Gasteiger partial charge in [0.15, 0.2) is 5.82 Å². The highest BCUT2D eigenvalue weighted by Crippen LogP contribution is 2.33. The van der Waals surface area contributed by atoms with Crippen LogP contribution in [0.4, 0.5) is 16.3 Å². The van der Waals surface area contributed by atoms with Crippen LogP contribution in [0.15, 0.2) is 59.7 Å². The molecular formula is C30H32ClN5O3. The summed E-state index contributed by atoms with van der Waals surface area (Å²) in [7, 11) is 0. The van der Waals surface area contributed by atoms with Gasteiger partial charge >= 0.3 is 6.03 Å². The second-order valence-electron chi connectivity index (χ2n) is 10.1. The third-order valence-electron chi connectivity index (χ3n) is 7.43. The Hall–Kier alpha value is -3.46. The first-order chi connectivity index (χ1) is 19.1. The van der Waals surface area contributed by atoms with E-state index >= 15 is 0 Å². The number of carbonyl (C=O) groups excluding carboxylic acids is 1. The Morgan fingerprint density at radius 2 is 1.79 bits per heavy atom. The fourth-order valence-electron chi connectivity index (χ4n) is 5.20. The van der Waals surface area contributed by atoms with Gasteiger partial charge in [0, 0.05) is 72.7 Å². The maximum Gasteiger partial charge on any atom is 0.321 e. The lowest BCUT2D eigenvalue weighted by Crippen LogP contribution is -2.38. The van der Waals surface area contributed by atoms with E-state index in [-0.39, 0.29) is 6.03 Å². The number of nitrogens with one attached hydrogen (secondary N) is 1. The highest BCUT2D eigenvalue weighted by atomic mass is 35.5. The van der Waals surface area contributed by atoms with Gasteiger partial charge in [0.25, 0.3) is 0 Å². The molecule has 6 rings (SSSR count). The monoisotopic (exact) mass is 545 g/mol. The maximum atomic E-state index is 12.5. The Kier molecular flexibility index (Phi) is 7.76. The van der Waals surface area contributed by atoms with Crippen molar-refractivity contribution in [2.24, 2.45) is 4.99 Å². The Bertz CT molecular complexity index is 1370. The van der Waals surface area contributed by atoms with E-state index in [2.05, 4.69) is 33.4 Å². The summed E-state index contributed by atoms with van der Waals surface area (Å²) in [5.74, 6) is 1.57. The molecule has 3 aromatic rings. The minimum atomic E-state index is -0.0720. The molecule has 0 spiro atoms. The summed E-state index contributed by atoms with van der Waals surface area (Å²) in [5.41, 5.74) is 5.53. The molecule has 8 nitrogen and oxygen atoms in total. The zero-order valence-electron chi connectivity index (χ0n) is 21.9. The van der Waals surface area contributed by atoms with Crippen LogP contribution in [0.3, 0.4) is 0 Å². The zero-order valence-corrected chi connectivity index (χ0v) is 22.6. The summed E-state index contributed by atoms with van der Waals surface area (Å²) in [6.07, 6.45) is 4.59. The number of urea groups is 1. The highest BCUT2D eigenvalue weighted by Gasteiger charge is 2.22. The van der Waals surface area contributed by atoms with Crippen molar-refractivity contribution in [3.8, 4) is 16.9 Å². The van der Waals surface area contributed by atoms with Crippen molar-refractivity contribution >= 4 is 34.8 Å². The van der Waals surface area contributed by atoms with Gasteiger partial charge in [-0.25, -0.2) is 14.8 Å². The first-order valence-electron chi connectivity index (χ1n) is 13.6. The molecule has 0 bridgehead atoms. The lowest BCUT2D eigenvalue weighted by atomic mass is 10.0. The van der Waals surface area contributed by atoms with Gasteiger partial charge in [-0.2, -0.15) is 0 Å². The standard InChI is InChI=1S/C30H32ClN5O3/c31-27-8-5-24(33-30(37)36-9-1-2-10-36)19-26(27)28-18-22-17-23(20-32-29(22)34-28)21-3-6-25(7-4-21)39-16-13-35-11-14-38-15-12-35/h3-8,17,19-20H,1-2,9-16,18H2,(H,33,37). The summed E-state index contributed by atoms with van der Waals surface area (Å²) >= 11 is 6.56. The summed E-state index contributed by atoms with van der Waals surface area (Å²) < 4.78 is 11.4. The molecule has 4 heterocycles. The van der Waals surface area contributed by atoms with Crippen molar-refractivity contribution in [1.29, 1.82) is 0 Å². The van der Waals surface area contributed by atoms with Gasteiger partial charge < -0.3 is 19.7 Å². The molecule has 202 valence electrons. The Morgan fingerprint density at radius 1 is 1.00 bits per heavy atom. The molecule has 0 unspecified atom stereocenters. The van der Waals surface area contributed by atoms with Crippen LogP contribution in [-0.2, 0) is 11.2 Å². The number of likely N-dealkylation sites (tertiary alicyclic amines) is 1. The molecule has 3 aliphatic heterocycles. The van der Waals surface area contributed by atoms with Crippen LogP contribution in [0, 0.1) is 0 Å². The molecular weight excluding hydrogens is 514 g/mol. The van der Waals surface area contributed by atoms with Crippen molar-refractivity contribution in [3.63, 3.8) is 0 Å². The lowest BCUT2D eigenvalue weighted by Gasteiger charge is -2.26. The molecule has 2 saturated heterocycles. The molecule has 1 aromatic heterocycles. The van der Waals surface area contributed by atoms with Crippen LogP contribution in [0.5, 0.6) is 5.75 Å². The van der Waals surface area contributed by atoms with Crippen LogP contribution in [0.2, 0.25) is 5.02 Å². The number of ether oxygens (including phenoxy) is 2. The zero-order chi connectivity index (χ0) is 26.6. The molecule has 0 saturated carbocycles. The third-order valence-corrected chi connectivity index (χ3v) is 7.76. The number of morpholine rings is 1. The summed E-state index contributed by atoms with van der Waals surface area (Å²) in [5, 5.41) is 3.60. The van der Waals surface area contributed by atoms with Crippen LogP contribution in [-0.4, -0.2) is 79.1 Å². The van der Waals surface area contributed by atoms with E-state index in [0.717, 1.165) is 92.5 Å². The first kappa shape index (κ1) is 25.8. The van der Waals surface area contributed by atoms with Gasteiger partial charge in [-0.1, -0.05) is 23.7 Å². The number of halogens is 1. The SMILES string of the molecule is O=C(Nc1ccc(Cl)c(C2=Nc3ncc(-c4ccc(OCCN5CCOCC5)cc4)cc3C2)c1)N1CCCC1. The van der Waals surface area contributed by atoms with E-state index in [9.17, 15) is 4.79 Å². The number of hydrogen-bond donors (Lipinski definition) is 1. The smallest absolute Gasteiger partial charge is 0.321 e. The number of nitrogens with zero attached hydrogens (tertiary/aromatic N) is 4. The Morgan fingerprint density at radius 3 is 2.59 bits per heavy atom. The van der Waals surface area contributed by atoms with Crippen molar-refractivity contribution < 1.29 is 14.3 Å². The second kappa shape index (κ2) is 11.7. The quantitative estimate of drug-likeness (QED) is 0.429. The maximum absolute atomic E-state index is 12.5. The minimum Gasteiger partial charge on any atom is -0.492 e. The molecule has 2 fully saturated rings. The van der Waals surface area contributed by atoms with Gasteiger partial charge in [0.1, 0.15) is 12.4 Å². The molecule has 0 radical (unpaired) electrons. The van der Waals surface area contributed by atoms with E-state index in [4.69, 9.17) is 26.1 Å². The van der Waals surface area contributed by atoms with Gasteiger partial charge in [-0.05, 0) is 54.8 Å². The van der Waals surface area contributed by atoms with Crippen molar-refractivity contribution in [2.45, 2.75) is 19.3 Å². The third kappa shape index (κ3) is 6.08. The fraction of sp³-hybridized carbons (Fsp3) is 0.367. The number of hydrogen-bond acceptors (Lipinski definition) is 6. The van der Waals surface area contributed by atoms with Crippen LogP contribution in [0.1, 0.15) is 24.0 Å². The number of benzene rings is 2. The van der Waals surface area contributed by atoms with Gasteiger partial charge in [0.2, 0.25) is 0 Å². The molecule has 2 aromatic carbocycles. The normalized spacial score (nSPS) is 17.2. The van der Waals surface area contributed by atoms with Gasteiger partial charge in [0.05, 0.1) is 18.9 Å². The number of aliphatic imine (C=N–C) groups is 1. The number of pyridine rings is 1. The van der Waals surface area contributed by atoms with Crippen LogP contribution >= 0.6 is 11.6 Å². The number of amides is 2. The van der Waals surface area contributed by atoms with E-state index in [1.807, 2.05) is 41.4 Å². The van der Waals surface area contributed by atoms with E-state index in [0.29, 0.717) is 29.6 Å². The molecule has 9 heteroatoms. The summed E-state index contributed by atoms with van der Waals surface area (Å²) in [4.78, 5) is 26.2. The predicted octanol–water partition coefficient (Wildman–Crippen LogP) is 5.42. The van der Waals surface area contributed by atoms with E-state index in [1.54, 1.807) is 0 Å². The van der Waals surface area contributed by atoms with Crippen molar-refractivity contribution in [1.82, 2.24) is 14.8 Å². The highest BCUT2D eigenvalue weighted by molar-refractivity contribution is 6.34. The molecule has 0 atom stereocenters.